The molecule has 0 heterocycles. The summed E-state index contributed by atoms with van der Waals surface area (Å²) >= 11 is 0. The second-order valence-electron chi connectivity index (χ2n) is 8.44. The molecule has 0 spiro atoms. The van der Waals surface area contributed by atoms with Crippen molar-refractivity contribution < 1.29 is 22.7 Å². The maximum Gasteiger partial charge on any atom is 0.324 e. The summed E-state index contributed by atoms with van der Waals surface area (Å²) in [6.45, 7) is 2.81. The molecule has 0 aromatic heterocycles. The number of nitrogens with zero attached hydrogens (tertiary/aromatic N) is 3. The van der Waals surface area contributed by atoms with Crippen molar-refractivity contribution in [1.29, 1.82) is 0 Å². The number of esters is 1. The molecule has 3 aromatic rings. The van der Waals surface area contributed by atoms with Gasteiger partial charge in [0.1, 0.15) is 18.4 Å². The summed E-state index contributed by atoms with van der Waals surface area (Å²) in [5, 5.41) is 3.49. The second kappa shape index (κ2) is 14.0. The quantitative estimate of drug-likeness (QED) is 0.103. The van der Waals surface area contributed by atoms with E-state index in [2.05, 4.69) is 14.7 Å². The Morgan fingerprint density at radius 1 is 0.973 bits per heavy atom. The topological polar surface area (TPSA) is 130 Å². The van der Waals surface area contributed by atoms with Crippen LogP contribution >= 0.6 is 0 Å². The molecular weight excluding hydrogens is 492 g/mol. The molecule has 0 aliphatic heterocycles. The van der Waals surface area contributed by atoms with Crippen LogP contribution in [0.5, 0.6) is 5.75 Å². The van der Waals surface area contributed by atoms with Gasteiger partial charge in [-0.25, -0.2) is 8.42 Å². The molecule has 0 amide bonds. The smallest absolute Gasteiger partial charge is 0.324 e. The number of benzene rings is 3. The van der Waals surface area contributed by atoms with Gasteiger partial charge < -0.3 is 9.47 Å². The molecule has 0 fully saturated rings. The Labute approximate surface area is 217 Å². The third-order valence-corrected chi connectivity index (χ3v) is 6.97. The van der Waals surface area contributed by atoms with E-state index in [0.29, 0.717) is 18.9 Å². The Kier molecular flexibility index (Phi) is 10.5. The van der Waals surface area contributed by atoms with Crippen LogP contribution in [0.25, 0.3) is 10.4 Å². The molecule has 0 radical (unpaired) electrons. The van der Waals surface area contributed by atoms with E-state index in [9.17, 15) is 13.2 Å². The molecular formula is C27H30N4O5S. The average molecular weight is 523 g/mol. The third kappa shape index (κ3) is 9.27. The zero-order valence-corrected chi connectivity index (χ0v) is 21.4. The molecule has 0 saturated heterocycles. The van der Waals surface area contributed by atoms with Gasteiger partial charge in [0.25, 0.3) is 0 Å². The summed E-state index contributed by atoms with van der Waals surface area (Å²) < 4.78 is 39.7. The molecule has 9 nitrogen and oxygen atoms in total. The van der Waals surface area contributed by atoms with Crippen molar-refractivity contribution in [3.05, 3.63) is 106 Å². The predicted molar refractivity (Wildman–Crippen MR) is 140 cm³/mol. The molecule has 1 unspecified atom stereocenters. The molecule has 3 aromatic carbocycles. The van der Waals surface area contributed by atoms with Crippen LogP contribution in [0.2, 0.25) is 0 Å². The molecule has 1 N–H and O–H groups in total. The highest BCUT2D eigenvalue weighted by Crippen LogP contribution is 2.17. The van der Waals surface area contributed by atoms with E-state index >= 15 is 0 Å². The minimum absolute atomic E-state index is 0.0366. The first kappa shape index (κ1) is 27.7. The molecule has 10 heteroatoms. The van der Waals surface area contributed by atoms with Crippen LogP contribution in [-0.4, -0.2) is 33.6 Å². The first-order chi connectivity index (χ1) is 17.9. The fourth-order valence-corrected chi connectivity index (χ4v) is 4.64. The number of hydrogen-bond donors (Lipinski definition) is 1. The number of nitrogens with one attached hydrogen (secondary N) is 1. The summed E-state index contributed by atoms with van der Waals surface area (Å²) in [6, 6.07) is 21.6. The van der Waals surface area contributed by atoms with E-state index < -0.39 is 22.0 Å². The minimum Gasteiger partial charge on any atom is -0.494 e. The van der Waals surface area contributed by atoms with Crippen LogP contribution in [0.4, 0.5) is 0 Å². The number of rotatable bonds is 14. The molecule has 1 atom stereocenters. The molecule has 0 aliphatic carbocycles. The van der Waals surface area contributed by atoms with Crippen molar-refractivity contribution in [3.63, 3.8) is 0 Å². The van der Waals surface area contributed by atoms with Crippen molar-refractivity contribution >= 4 is 16.0 Å². The lowest BCUT2D eigenvalue weighted by Gasteiger charge is -2.18. The summed E-state index contributed by atoms with van der Waals surface area (Å²) in [5.74, 6) is -0.0177. The zero-order valence-electron chi connectivity index (χ0n) is 20.6. The Morgan fingerprint density at radius 2 is 1.68 bits per heavy atom. The highest BCUT2D eigenvalue weighted by molar-refractivity contribution is 7.89. The Morgan fingerprint density at radius 3 is 2.35 bits per heavy atom. The first-order valence-electron chi connectivity index (χ1n) is 11.9. The molecule has 3 rings (SSSR count). The lowest BCUT2D eigenvalue weighted by atomic mass is 10.1. The van der Waals surface area contributed by atoms with Crippen LogP contribution in [0.15, 0.2) is 88.9 Å². The largest absolute Gasteiger partial charge is 0.494 e. The maximum atomic E-state index is 13.0. The summed E-state index contributed by atoms with van der Waals surface area (Å²) in [5.41, 5.74) is 10.8. The van der Waals surface area contributed by atoms with Crippen molar-refractivity contribution in [2.75, 3.05) is 13.2 Å². The number of hydrogen-bond acceptors (Lipinski definition) is 6. The van der Waals surface area contributed by atoms with Crippen LogP contribution in [0, 0.1) is 6.92 Å². The number of carbonyl (C=O) groups is 1. The Balaban J connectivity index is 1.68. The van der Waals surface area contributed by atoms with Crippen molar-refractivity contribution in [2.45, 2.75) is 43.7 Å². The van der Waals surface area contributed by atoms with Gasteiger partial charge in [0, 0.05) is 11.5 Å². The van der Waals surface area contributed by atoms with E-state index in [1.165, 1.54) is 12.1 Å². The van der Waals surface area contributed by atoms with Crippen molar-refractivity contribution in [1.82, 2.24) is 4.72 Å². The minimum atomic E-state index is -3.96. The van der Waals surface area contributed by atoms with Crippen LogP contribution in [0.3, 0.4) is 0 Å². The summed E-state index contributed by atoms with van der Waals surface area (Å²) in [6.07, 6.45) is 1.58. The number of carbonyl (C=O) groups excluding carboxylic acids is 1. The van der Waals surface area contributed by atoms with E-state index in [4.69, 9.17) is 15.0 Å². The number of ether oxygens (including phenoxy) is 2. The second-order valence-corrected chi connectivity index (χ2v) is 10.2. The van der Waals surface area contributed by atoms with E-state index in [0.717, 1.165) is 29.5 Å². The molecule has 0 bridgehead atoms. The Bertz CT molecular complexity index is 1290. The Hall–Kier alpha value is -3.85. The fourth-order valence-electron chi connectivity index (χ4n) is 3.45. The van der Waals surface area contributed by atoms with Crippen LogP contribution < -0.4 is 9.46 Å². The molecule has 0 saturated carbocycles. The lowest BCUT2D eigenvalue weighted by Crippen LogP contribution is -2.43. The van der Waals surface area contributed by atoms with E-state index in [1.54, 1.807) is 36.4 Å². The van der Waals surface area contributed by atoms with Gasteiger partial charge in [0.05, 0.1) is 11.5 Å². The third-order valence-electron chi connectivity index (χ3n) is 5.48. The standard InChI is InChI=1S/C27H30N4O5S/c1-21-9-15-25(16-10-21)37(33,34)30-26(27(32)36-20-23-7-3-2-4-8-23)19-22-11-13-24(14-12-22)35-18-6-5-17-29-31-28/h2-4,7-16,26,30H,5-6,17-20H2,1H3. The number of unbranched alkanes of at least 4 members (excludes halogenated alkanes) is 1. The van der Waals surface area contributed by atoms with Gasteiger partial charge in [-0.2, -0.15) is 4.72 Å². The normalized spacial score (nSPS) is 11.8. The molecule has 37 heavy (non-hydrogen) atoms. The number of azide groups is 1. The lowest BCUT2D eigenvalue weighted by molar-refractivity contribution is -0.147. The van der Waals surface area contributed by atoms with Crippen molar-refractivity contribution in [3.8, 4) is 5.75 Å². The molecule has 0 aliphatic rings. The van der Waals surface area contributed by atoms with Crippen LogP contribution in [-0.2, 0) is 32.6 Å². The maximum absolute atomic E-state index is 13.0. The van der Waals surface area contributed by atoms with Gasteiger partial charge in [-0.3, -0.25) is 4.79 Å². The van der Waals surface area contributed by atoms with Gasteiger partial charge in [0.15, 0.2) is 0 Å². The summed E-state index contributed by atoms with van der Waals surface area (Å²) in [7, 11) is -3.96. The van der Waals surface area contributed by atoms with Crippen molar-refractivity contribution in [2.24, 2.45) is 5.11 Å². The monoisotopic (exact) mass is 522 g/mol. The highest BCUT2D eigenvalue weighted by atomic mass is 32.2. The first-order valence-corrected chi connectivity index (χ1v) is 13.4. The van der Waals surface area contributed by atoms with Crippen LogP contribution in [0.1, 0.15) is 29.5 Å². The van der Waals surface area contributed by atoms with E-state index in [-0.39, 0.29) is 17.9 Å². The number of sulfonamides is 1. The van der Waals surface area contributed by atoms with Gasteiger partial charge in [-0.1, -0.05) is 65.3 Å². The zero-order chi connectivity index (χ0) is 26.5. The van der Waals surface area contributed by atoms with Gasteiger partial charge in [0.2, 0.25) is 10.0 Å². The molecule has 194 valence electrons. The fraction of sp³-hybridized carbons (Fsp3) is 0.296. The van der Waals surface area contributed by atoms with Gasteiger partial charge >= 0.3 is 5.97 Å². The average Bonchev–Trinajstić information content (AvgIpc) is 2.90. The van der Waals surface area contributed by atoms with E-state index in [1.807, 2.05) is 37.3 Å². The van der Waals surface area contributed by atoms with Gasteiger partial charge in [-0.05, 0) is 67.1 Å². The number of aryl methyl sites for hydroxylation is 1. The predicted octanol–water partition coefficient (Wildman–Crippen LogP) is 5.10. The SMILES string of the molecule is Cc1ccc(S(=O)(=O)NC(Cc2ccc(OCCCCN=[N+]=[N-])cc2)C(=O)OCc2ccccc2)cc1. The van der Waals surface area contributed by atoms with Gasteiger partial charge in [-0.15, -0.1) is 0 Å². The highest BCUT2D eigenvalue weighted by Gasteiger charge is 2.27. The summed E-state index contributed by atoms with van der Waals surface area (Å²) in [4.78, 5) is 15.8.